The van der Waals surface area contributed by atoms with Gasteiger partial charge in [-0.2, -0.15) is 0 Å². The lowest BCUT2D eigenvalue weighted by Crippen LogP contribution is -2.49. The topological polar surface area (TPSA) is 127 Å². The van der Waals surface area contributed by atoms with Crippen LogP contribution in [0.5, 0.6) is 0 Å². The maximum absolute atomic E-state index is 11.7. The molecule has 0 radical (unpaired) electrons. The quantitative estimate of drug-likeness (QED) is 0.547. The van der Waals surface area contributed by atoms with Crippen LogP contribution in [-0.4, -0.2) is 49.5 Å². The highest BCUT2D eigenvalue weighted by molar-refractivity contribution is 7.90. The van der Waals surface area contributed by atoms with Gasteiger partial charge in [0.25, 0.3) is 0 Å². The van der Waals surface area contributed by atoms with Crippen LogP contribution in [-0.2, 0) is 19.4 Å². The fraction of sp³-hybridized carbons (Fsp3) is 0.818. The summed E-state index contributed by atoms with van der Waals surface area (Å²) in [5, 5.41) is 11.2. The van der Waals surface area contributed by atoms with Gasteiger partial charge in [0.05, 0.1) is 11.8 Å². The second kappa shape index (κ2) is 7.44. The molecule has 0 aliphatic heterocycles. The Balaban J connectivity index is 4.50. The monoisotopic (exact) mass is 294 g/mol. The lowest BCUT2D eigenvalue weighted by atomic mass is 10.0. The number of hydrogen-bond acceptors (Lipinski definition) is 5. The Morgan fingerprint density at radius 2 is 1.84 bits per heavy atom. The Hall–Kier alpha value is -1.15. The summed E-state index contributed by atoms with van der Waals surface area (Å²) >= 11 is 0. The normalized spacial score (nSPS) is 15.0. The second-order valence-corrected chi connectivity index (χ2v) is 7.31. The largest absolute Gasteiger partial charge is 0.480 e. The van der Waals surface area contributed by atoms with Crippen molar-refractivity contribution in [1.29, 1.82) is 0 Å². The minimum Gasteiger partial charge on any atom is -0.480 e. The number of amides is 1. The average molecular weight is 294 g/mol. The van der Waals surface area contributed by atoms with Crippen molar-refractivity contribution in [2.24, 2.45) is 11.7 Å². The highest BCUT2D eigenvalue weighted by Crippen LogP contribution is 2.04. The molecule has 0 heterocycles. The van der Waals surface area contributed by atoms with Gasteiger partial charge in [0, 0.05) is 6.26 Å². The fourth-order valence-corrected chi connectivity index (χ4v) is 2.15. The number of carboxylic acid groups (broad SMARTS) is 1. The van der Waals surface area contributed by atoms with Crippen LogP contribution >= 0.6 is 0 Å². The molecule has 7 nitrogen and oxygen atoms in total. The van der Waals surface area contributed by atoms with Crippen LogP contribution < -0.4 is 11.1 Å². The van der Waals surface area contributed by atoms with E-state index in [9.17, 15) is 18.0 Å². The molecule has 0 fully saturated rings. The molecule has 4 N–H and O–H groups in total. The van der Waals surface area contributed by atoms with Gasteiger partial charge in [-0.25, -0.2) is 13.2 Å². The highest BCUT2D eigenvalue weighted by atomic mass is 32.2. The van der Waals surface area contributed by atoms with Crippen molar-refractivity contribution >= 4 is 21.7 Å². The summed E-state index contributed by atoms with van der Waals surface area (Å²) in [6.45, 7) is 3.79. The number of carbonyl (C=O) groups is 2. The van der Waals surface area contributed by atoms with Gasteiger partial charge in [0.1, 0.15) is 15.9 Å². The first-order valence-electron chi connectivity index (χ1n) is 5.99. The predicted molar refractivity (Wildman–Crippen MR) is 71.3 cm³/mol. The van der Waals surface area contributed by atoms with Crippen molar-refractivity contribution in [3.05, 3.63) is 0 Å². The molecule has 0 aliphatic carbocycles. The van der Waals surface area contributed by atoms with Crippen LogP contribution in [0.4, 0.5) is 0 Å². The van der Waals surface area contributed by atoms with Crippen LogP contribution in [0.2, 0.25) is 0 Å². The van der Waals surface area contributed by atoms with Gasteiger partial charge in [0.2, 0.25) is 5.91 Å². The van der Waals surface area contributed by atoms with Gasteiger partial charge in [-0.3, -0.25) is 4.79 Å². The van der Waals surface area contributed by atoms with Crippen LogP contribution in [0.15, 0.2) is 0 Å². The van der Waals surface area contributed by atoms with E-state index in [4.69, 9.17) is 10.8 Å². The maximum atomic E-state index is 11.7. The Morgan fingerprint density at radius 3 is 2.21 bits per heavy atom. The average Bonchev–Trinajstić information content (AvgIpc) is 2.20. The minimum absolute atomic E-state index is 0.172. The van der Waals surface area contributed by atoms with Gasteiger partial charge >= 0.3 is 5.97 Å². The number of nitrogens with two attached hydrogens (primary N) is 1. The molecule has 0 saturated carbocycles. The number of nitrogens with one attached hydrogen (secondary N) is 1. The van der Waals surface area contributed by atoms with Crippen molar-refractivity contribution in [1.82, 2.24) is 5.32 Å². The molecule has 0 rings (SSSR count). The summed E-state index contributed by atoms with van der Waals surface area (Å²) < 4.78 is 22.0. The molecular formula is C11H22N2O5S. The molecule has 1 unspecified atom stereocenters. The third kappa shape index (κ3) is 8.55. The molecule has 112 valence electrons. The zero-order valence-corrected chi connectivity index (χ0v) is 12.2. The van der Waals surface area contributed by atoms with E-state index < -0.39 is 33.8 Å². The molecule has 2 atom stereocenters. The Kier molecular flexibility index (Phi) is 6.99. The van der Waals surface area contributed by atoms with Gasteiger partial charge in [-0.05, 0) is 18.8 Å². The lowest BCUT2D eigenvalue weighted by molar-refractivity contribution is -0.142. The van der Waals surface area contributed by atoms with Crippen LogP contribution in [0.3, 0.4) is 0 Å². The summed E-state index contributed by atoms with van der Waals surface area (Å²) in [5.41, 5.74) is 5.63. The maximum Gasteiger partial charge on any atom is 0.326 e. The predicted octanol–water partition coefficient (Wildman–Crippen LogP) is -0.636. The number of aliphatic carboxylic acids is 1. The van der Waals surface area contributed by atoms with Crippen molar-refractivity contribution < 1.29 is 23.1 Å². The highest BCUT2D eigenvalue weighted by Gasteiger charge is 2.24. The fourth-order valence-electron chi connectivity index (χ4n) is 1.48. The van der Waals surface area contributed by atoms with E-state index in [-0.39, 0.29) is 18.1 Å². The Labute approximate surface area is 113 Å². The van der Waals surface area contributed by atoms with E-state index in [2.05, 4.69) is 5.32 Å². The van der Waals surface area contributed by atoms with Gasteiger partial charge < -0.3 is 16.2 Å². The first kappa shape index (κ1) is 17.8. The molecule has 0 aromatic heterocycles. The third-order valence-corrected chi connectivity index (χ3v) is 3.43. The standard InChI is InChI=1S/C11H22N2O5S/c1-7(2)6-8(12)10(14)13-9(11(15)16)4-5-19(3,17)18/h7-9H,4-6,12H2,1-3H3,(H,13,14)(H,15,16)/t8-,9?/m0/s1. The van der Waals surface area contributed by atoms with E-state index in [1.807, 2.05) is 13.8 Å². The van der Waals surface area contributed by atoms with E-state index in [1.54, 1.807) is 0 Å². The van der Waals surface area contributed by atoms with Gasteiger partial charge in [-0.15, -0.1) is 0 Å². The van der Waals surface area contributed by atoms with Crippen molar-refractivity contribution in [3.63, 3.8) is 0 Å². The molecule has 0 saturated heterocycles. The van der Waals surface area contributed by atoms with E-state index in [0.717, 1.165) is 6.26 Å². The molecule has 8 heteroatoms. The third-order valence-electron chi connectivity index (χ3n) is 2.45. The lowest BCUT2D eigenvalue weighted by Gasteiger charge is -2.18. The van der Waals surface area contributed by atoms with Crippen LogP contribution in [0.25, 0.3) is 0 Å². The number of carboxylic acids is 1. The number of hydrogen-bond donors (Lipinski definition) is 3. The number of carbonyl (C=O) groups excluding carboxylic acids is 1. The molecule has 0 bridgehead atoms. The van der Waals surface area contributed by atoms with Gasteiger partial charge in [-0.1, -0.05) is 13.8 Å². The minimum atomic E-state index is -3.27. The van der Waals surface area contributed by atoms with Gasteiger partial charge in [0.15, 0.2) is 0 Å². The first-order valence-corrected chi connectivity index (χ1v) is 8.05. The molecule has 0 aromatic carbocycles. The molecule has 0 aromatic rings. The Bertz CT molecular complexity index is 419. The molecule has 19 heavy (non-hydrogen) atoms. The second-order valence-electron chi connectivity index (χ2n) is 5.05. The summed E-state index contributed by atoms with van der Waals surface area (Å²) in [4.78, 5) is 22.6. The molecular weight excluding hydrogens is 272 g/mol. The van der Waals surface area contributed by atoms with E-state index >= 15 is 0 Å². The molecule has 0 spiro atoms. The summed E-state index contributed by atoms with van der Waals surface area (Å²) in [7, 11) is -3.27. The first-order chi connectivity index (χ1) is 8.53. The van der Waals surface area contributed by atoms with E-state index in [1.165, 1.54) is 0 Å². The molecule has 0 aliphatic rings. The van der Waals surface area contributed by atoms with Crippen molar-refractivity contribution in [2.45, 2.75) is 38.8 Å². The SMILES string of the molecule is CC(C)C[C@H](N)C(=O)NC(CCS(C)(=O)=O)C(=O)O. The van der Waals surface area contributed by atoms with Crippen molar-refractivity contribution in [3.8, 4) is 0 Å². The summed E-state index contributed by atoms with van der Waals surface area (Å²) in [6.07, 6.45) is 1.27. The smallest absolute Gasteiger partial charge is 0.326 e. The van der Waals surface area contributed by atoms with Crippen LogP contribution in [0, 0.1) is 5.92 Å². The number of rotatable bonds is 8. The Morgan fingerprint density at radius 1 is 1.32 bits per heavy atom. The summed E-state index contributed by atoms with van der Waals surface area (Å²) in [5.74, 6) is -1.94. The zero-order valence-electron chi connectivity index (χ0n) is 11.4. The van der Waals surface area contributed by atoms with E-state index in [0.29, 0.717) is 6.42 Å². The van der Waals surface area contributed by atoms with Crippen molar-refractivity contribution in [2.75, 3.05) is 12.0 Å². The summed E-state index contributed by atoms with van der Waals surface area (Å²) in [6, 6.07) is -2.03. The molecule has 1 amide bonds. The zero-order chi connectivity index (χ0) is 15.2. The van der Waals surface area contributed by atoms with Crippen LogP contribution in [0.1, 0.15) is 26.7 Å². The number of sulfone groups is 1.